The maximum Gasteiger partial charge on any atom is 0.171 e. The van der Waals surface area contributed by atoms with E-state index in [0.29, 0.717) is 0 Å². The molecule has 3 nitrogen and oxygen atoms in total. The zero-order valence-corrected chi connectivity index (χ0v) is 12.4. The van der Waals surface area contributed by atoms with Gasteiger partial charge in [-0.25, -0.2) is 4.98 Å². The monoisotopic (exact) mass is 275 g/mol. The number of nitrogens with zero attached hydrogens (tertiary/aromatic N) is 1. The molecule has 0 aliphatic carbocycles. The summed E-state index contributed by atoms with van der Waals surface area (Å²) in [5.74, 6) is 0.982. The van der Waals surface area contributed by atoms with E-state index in [1.54, 1.807) is 14.0 Å². The highest BCUT2D eigenvalue weighted by atomic mass is 32.1. The van der Waals surface area contributed by atoms with Crippen molar-refractivity contribution in [2.45, 2.75) is 27.2 Å². The number of thiazole rings is 1. The molecular formula is C15H17NO2S. The van der Waals surface area contributed by atoms with Crippen LogP contribution < -0.4 is 4.74 Å². The number of benzene rings is 1. The Morgan fingerprint density at radius 3 is 2.63 bits per heavy atom. The van der Waals surface area contributed by atoms with Gasteiger partial charge in [0.15, 0.2) is 5.78 Å². The van der Waals surface area contributed by atoms with Gasteiger partial charge in [0.05, 0.1) is 22.7 Å². The minimum atomic E-state index is 0.0900. The number of Topliss-reactive ketones (excluding diaryl/α,β-unsaturated/α-hetero) is 1. The molecule has 0 aliphatic rings. The Labute approximate surface area is 117 Å². The average Bonchev–Trinajstić information content (AvgIpc) is 2.70. The van der Waals surface area contributed by atoms with Crippen LogP contribution in [0.2, 0.25) is 0 Å². The van der Waals surface area contributed by atoms with Crippen LogP contribution in [0.25, 0.3) is 0 Å². The molecule has 2 aromatic rings. The Morgan fingerprint density at radius 2 is 2.11 bits per heavy atom. The van der Waals surface area contributed by atoms with Gasteiger partial charge in [-0.3, -0.25) is 4.79 Å². The number of aromatic nitrogens is 1. The lowest BCUT2D eigenvalue weighted by atomic mass is 10.1. The number of carbonyl (C=O) groups excluding carboxylic acids is 1. The molecule has 4 heteroatoms. The average molecular weight is 275 g/mol. The van der Waals surface area contributed by atoms with Crippen molar-refractivity contribution in [1.82, 2.24) is 4.98 Å². The van der Waals surface area contributed by atoms with E-state index in [9.17, 15) is 4.79 Å². The van der Waals surface area contributed by atoms with Crippen molar-refractivity contribution in [3.63, 3.8) is 0 Å². The summed E-state index contributed by atoms with van der Waals surface area (Å²) in [4.78, 5) is 16.7. The van der Waals surface area contributed by atoms with Crippen molar-refractivity contribution in [3.05, 3.63) is 44.9 Å². The molecule has 2 rings (SSSR count). The van der Waals surface area contributed by atoms with E-state index < -0.39 is 0 Å². The molecule has 0 fully saturated rings. The number of methoxy groups -OCH3 is 1. The Morgan fingerprint density at radius 1 is 1.37 bits per heavy atom. The van der Waals surface area contributed by atoms with Crippen LogP contribution in [0.15, 0.2) is 18.2 Å². The minimum absolute atomic E-state index is 0.0900. The number of hydrogen-bond acceptors (Lipinski definition) is 4. The maximum atomic E-state index is 11.4. The van der Waals surface area contributed by atoms with E-state index in [2.05, 4.69) is 11.1 Å². The lowest BCUT2D eigenvalue weighted by molar-refractivity contribution is 0.102. The van der Waals surface area contributed by atoms with Crippen molar-refractivity contribution in [2.24, 2.45) is 0 Å². The van der Waals surface area contributed by atoms with Gasteiger partial charge >= 0.3 is 0 Å². The summed E-state index contributed by atoms with van der Waals surface area (Å²) in [7, 11) is 1.67. The fourth-order valence-electron chi connectivity index (χ4n) is 2.08. The molecule has 0 aliphatic heterocycles. The Bertz CT molecular complexity index is 617. The zero-order valence-electron chi connectivity index (χ0n) is 11.6. The SMILES string of the molecule is COc1ccc(Cc2nc(C)c(C(C)=O)s2)cc1C. The summed E-state index contributed by atoms with van der Waals surface area (Å²) in [5.41, 5.74) is 3.12. The third-order valence-electron chi connectivity index (χ3n) is 2.98. The predicted molar refractivity (Wildman–Crippen MR) is 77.4 cm³/mol. The predicted octanol–water partition coefficient (Wildman–Crippen LogP) is 3.56. The number of rotatable bonds is 4. The third-order valence-corrected chi connectivity index (χ3v) is 4.23. The zero-order chi connectivity index (χ0) is 14.0. The molecule has 0 saturated heterocycles. The van der Waals surface area contributed by atoms with E-state index in [1.807, 2.05) is 26.0 Å². The normalized spacial score (nSPS) is 10.5. The fraction of sp³-hybridized carbons (Fsp3) is 0.333. The first-order valence-corrected chi connectivity index (χ1v) is 6.93. The molecule has 0 amide bonds. The molecule has 1 aromatic carbocycles. The van der Waals surface area contributed by atoms with E-state index >= 15 is 0 Å². The number of ether oxygens (including phenoxy) is 1. The Balaban J connectivity index is 2.24. The molecule has 1 aromatic heterocycles. The summed E-state index contributed by atoms with van der Waals surface area (Å²) in [6, 6.07) is 6.11. The fourth-order valence-corrected chi connectivity index (χ4v) is 3.07. The van der Waals surface area contributed by atoms with Gasteiger partial charge in [0, 0.05) is 13.3 Å². The van der Waals surface area contributed by atoms with Crippen LogP contribution >= 0.6 is 11.3 Å². The van der Waals surface area contributed by atoms with Crippen LogP contribution in [0.3, 0.4) is 0 Å². The standard InChI is InChI=1S/C15H17NO2S/c1-9-7-12(5-6-13(9)18-4)8-14-16-10(2)15(19-14)11(3)17/h5-7H,8H2,1-4H3. The third kappa shape index (κ3) is 3.01. The van der Waals surface area contributed by atoms with Crippen LogP contribution in [0, 0.1) is 13.8 Å². The smallest absolute Gasteiger partial charge is 0.171 e. The second-order valence-corrected chi connectivity index (χ2v) is 5.64. The number of carbonyl (C=O) groups is 1. The first-order chi connectivity index (χ1) is 9.01. The highest BCUT2D eigenvalue weighted by Crippen LogP contribution is 2.24. The first-order valence-electron chi connectivity index (χ1n) is 6.12. The molecular weight excluding hydrogens is 258 g/mol. The summed E-state index contributed by atoms with van der Waals surface area (Å²) in [5, 5.41) is 0.979. The maximum absolute atomic E-state index is 11.4. The van der Waals surface area contributed by atoms with Gasteiger partial charge in [0.2, 0.25) is 0 Å². The first kappa shape index (κ1) is 13.7. The van der Waals surface area contributed by atoms with Gasteiger partial charge in [0.25, 0.3) is 0 Å². The van der Waals surface area contributed by atoms with Gasteiger partial charge < -0.3 is 4.74 Å². The van der Waals surface area contributed by atoms with Crippen molar-refractivity contribution < 1.29 is 9.53 Å². The number of aryl methyl sites for hydroxylation is 2. The van der Waals surface area contributed by atoms with Gasteiger partial charge in [-0.1, -0.05) is 12.1 Å². The summed E-state index contributed by atoms with van der Waals surface area (Å²) in [6.07, 6.45) is 0.754. The molecule has 0 N–H and O–H groups in total. The lowest BCUT2D eigenvalue weighted by Gasteiger charge is -2.06. The molecule has 0 unspecified atom stereocenters. The van der Waals surface area contributed by atoms with Crippen LogP contribution in [0.1, 0.15) is 38.4 Å². The molecule has 19 heavy (non-hydrogen) atoms. The Kier molecular flexibility index (Phi) is 4.00. The van der Waals surface area contributed by atoms with E-state index in [0.717, 1.165) is 33.3 Å². The largest absolute Gasteiger partial charge is 0.496 e. The number of hydrogen-bond donors (Lipinski definition) is 0. The van der Waals surface area contributed by atoms with E-state index in [4.69, 9.17) is 4.74 Å². The summed E-state index contributed by atoms with van der Waals surface area (Å²) >= 11 is 1.49. The molecule has 0 spiro atoms. The quantitative estimate of drug-likeness (QED) is 0.801. The molecule has 100 valence electrons. The molecule has 1 heterocycles. The number of ketones is 1. The molecule has 0 radical (unpaired) electrons. The van der Waals surface area contributed by atoms with Crippen molar-refractivity contribution in [3.8, 4) is 5.75 Å². The van der Waals surface area contributed by atoms with E-state index in [-0.39, 0.29) is 5.78 Å². The van der Waals surface area contributed by atoms with Crippen LogP contribution in [-0.4, -0.2) is 17.9 Å². The summed E-state index contributed by atoms with van der Waals surface area (Å²) in [6.45, 7) is 5.49. The van der Waals surface area contributed by atoms with Gasteiger partial charge in [-0.2, -0.15) is 0 Å². The van der Waals surface area contributed by atoms with Crippen molar-refractivity contribution >= 4 is 17.1 Å². The van der Waals surface area contributed by atoms with Crippen molar-refractivity contribution in [2.75, 3.05) is 7.11 Å². The van der Waals surface area contributed by atoms with Gasteiger partial charge in [0.1, 0.15) is 5.75 Å². The van der Waals surface area contributed by atoms with Gasteiger partial charge in [-0.15, -0.1) is 11.3 Å². The minimum Gasteiger partial charge on any atom is -0.496 e. The van der Waals surface area contributed by atoms with Crippen molar-refractivity contribution in [1.29, 1.82) is 0 Å². The summed E-state index contributed by atoms with van der Waals surface area (Å²) < 4.78 is 5.25. The van der Waals surface area contributed by atoms with Crippen LogP contribution in [0.4, 0.5) is 0 Å². The highest BCUT2D eigenvalue weighted by molar-refractivity contribution is 7.13. The second-order valence-electron chi connectivity index (χ2n) is 4.56. The topological polar surface area (TPSA) is 39.2 Å². The molecule has 0 bridgehead atoms. The molecule has 0 saturated carbocycles. The second kappa shape index (κ2) is 5.53. The lowest BCUT2D eigenvalue weighted by Crippen LogP contribution is -1.91. The Hall–Kier alpha value is -1.68. The molecule has 0 atom stereocenters. The van der Waals surface area contributed by atoms with Crippen LogP contribution in [0.5, 0.6) is 5.75 Å². The van der Waals surface area contributed by atoms with E-state index in [1.165, 1.54) is 16.9 Å². The van der Waals surface area contributed by atoms with Gasteiger partial charge in [-0.05, 0) is 31.0 Å². The highest BCUT2D eigenvalue weighted by Gasteiger charge is 2.12. The van der Waals surface area contributed by atoms with Crippen LogP contribution in [-0.2, 0) is 6.42 Å².